The Balaban J connectivity index is 1.65. The molecule has 0 saturated carbocycles. The lowest BCUT2D eigenvalue weighted by molar-refractivity contribution is -0.151. The molecule has 0 unspecified atom stereocenters. The lowest BCUT2D eigenvalue weighted by atomic mass is 10.1. The molecule has 0 aliphatic heterocycles. The highest BCUT2D eigenvalue weighted by Crippen LogP contribution is 2.16. The number of carbonyl (C=O) groups excluding carboxylic acids is 2. The van der Waals surface area contributed by atoms with Gasteiger partial charge in [0.25, 0.3) is 5.56 Å². The van der Waals surface area contributed by atoms with Gasteiger partial charge in [-0.2, -0.15) is 0 Å². The third-order valence-corrected chi connectivity index (χ3v) is 3.92. The number of para-hydroxylation sites is 1. The molecule has 3 rings (SSSR count). The molecular formula is C20H18N2O5. The Kier molecular flexibility index (Phi) is 5.30. The number of benzene rings is 2. The Labute approximate surface area is 155 Å². The molecule has 0 saturated heterocycles. The van der Waals surface area contributed by atoms with Gasteiger partial charge in [-0.05, 0) is 38.1 Å². The topological polar surface area (TPSA) is 98.3 Å². The van der Waals surface area contributed by atoms with Crippen LogP contribution < -0.4 is 10.3 Å². The van der Waals surface area contributed by atoms with E-state index in [1.165, 1.54) is 6.92 Å². The first-order chi connectivity index (χ1) is 12.9. The summed E-state index contributed by atoms with van der Waals surface area (Å²) in [4.78, 5) is 42.5. The number of H-pyrrole nitrogens is 1. The van der Waals surface area contributed by atoms with Crippen molar-refractivity contribution < 1.29 is 19.1 Å². The van der Waals surface area contributed by atoms with Gasteiger partial charge in [-0.15, -0.1) is 0 Å². The fraction of sp³-hybridized carbons (Fsp3) is 0.200. The van der Waals surface area contributed by atoms with Gasteiger partial charge in [-0.3, -0.25) is 9.59 Å². The van der Waals surface area contributed by atoms with Crippen LogP contribution in [0, 0.1) is 0 Å². The smallest absolute Gasteiger partial charge is 0.344 e. The molecule has 0 aliphatic rings. The van der Waals surface area contributed by atoms with E-state index in [-0.39, 0.29) is 23.8 Å². The SMILES string of the molecule is CC(=O)c1cccc(OCC(=O)O[C@@H](C)c2nc3ccccc3c(=O)[nH]2)c1. The van der Waals surface area contributed by atoms with E-state index in [4.69, 9.17) is 9.47 Å². The van der Waals surface area contributed by atoms with Crippen LogP contribution in [-0.4, -0.2) is 28.3 Å². The second kappa shape index (κ2) is 7.82. The maximum absolute atomic E-state index is 12.1. The summed E-state index contributed by atoms with van der Waals surface area (Å²) in [6, 6.07) is 13.4. The molecule has 1 aromatic heterocycles. The monoisotopic (exact) mass is 366 g/mol. The molecule has 1 atom stereocenters. The number of ketones is 1. The van der Waals surface area contributed by atoms with Gasteiger partial charge < -0.3 is 14.5 Å². The third kappa shape index (κ3) is 4.38. The lowest BCUT2D eigenvalue weighted by Gasteiger charge is -2.13. The van der Waals surface area contributed by atoms with Crippen molar-refractivity contribution in [3.63, 3.8) is 0 Å². The van der Waals surface area contributed by atoms with Crippen LogP contribution in [0.1, 0.15) is 36.1 Å². The molecule has 7 heteroatoms. The van der Waals surface area contributed by atoms with Crippen molar-refractivity contribution in [2.75, 3.05) is 6.61 Å². The predicted molar refractivity (Wildman–Crippen MR) is 98.8 cm³/mol. The zero-order valence-corrected chi connectivity index (χ0v) is 14.9. The molecule has 1 N–H and O–H groups in total. The van der Waals surface area contributed by atoms with E-state index in [0.29, 0.717) is 22.2 Å². The number of fused-ring (bicyclic) bond motifs is 1. The fourth-order valence-electron chi connectivity index (χ4n) is 2.53. The predicted octanol–water partition coefficient (Wildman–Crippen LogP) is 2.81. The number of hydrogen-bond donors (Lipinski definition) is 1. The van der Waals surface area contributed by atoms with Crippen molar-refractivity contribution in [2.45, 2.75) is 20.0 Å². The summed E-state index contributed by atoms with van der Waals surface area (Å²) in [5, 5.41) is 0.466. The van der Waals surface area contributed by atoms with Crippen molar-refractivity contribution in [1.29, 1.82) is 0 Å². The molecule has 2 aromatic carbocycles. The minimum atomic E-state index is -0.748. The molecule has 0 radical (unpaired) electrons. The fourth-order valence-corrected chi connectivity index (χ4v) is 2.53. The Hall–Kier alpha value is -3.48. The first kappa shape index (κ1) is 18.3. The van der Waals surface area contributed by atoms with Crippen LogP contribution in [-0.2, 0) is 9.53 Å². The van der Waals surface area contributed by atoms with Crippen molar-refractivity contribution in [3.8, 4) is 5.75 Å². The van der Waals surface area contributed by atoms with E-state index in [1.807, 2.05) is 0 Å². The van der Waals surface area contributed by atoms with Crippen LogP contribution in [0.4, 0.5) is 0 Å². The number of aromatic amines is 1. The minimum Gasteiger partial charge on any atom is -0.482 e. The molecular weight excluding hydrogens is 348 g/mol. The summed E-state index contributed by atoms with van der Waals surface area (Å²) in [7, 11) is 0. The number of ether oxygens (including phenoxy) is 2. The largest absolute Gasteiger partial charge is 0.482 e. The number of carbonyl (C=O) groups is 2. The van der Waals surface area contributed by atoms with Gasteiger partial charge >= 0.3 is 5.97 Å². The highest BCUT2D eigenvalue weighted by molar-refractivity contribution is 5.94. The van der Waals surface area contributed by atoms with Gasteiger partial charge in [0.15, 0.2) is 24.3 Å². The summed E-state index contributed by atoms with van der Waals surface area (Å²) in [5.74, 6) is -0.0651. The van der Waals surface area contributed by atoms with Crippen LogP contribution >= 0.6 is 0 Å². The van der Waals surface area contributed by atoms with Crippen LogP contribution in [0.25, 0.3) is 10.9 Å². The van der Waals surface area contributed by atoms with Crippen LogP contribution in [0.15, 0.2) is 53.3 Å². The quantitative estimate of drug-likeness (QED) is 0.532. The Morgan fingerprint density at radius 2 is 1.93 bits per heavy atom. The number of Topliss-reactive ketones (excluding diaryl/α,β-unsaturated/α-hetero) is 1. The molecule has 0 fully saturated rings. The van der Waals surface area contributed by atoms with Gasteiger partial charge in [0.1, 0.15) is 5.75 Å². The Bertz CT molecular complexity index is 1060. The molecule has 1 heterocycles. The number of esters is 1. The van der Waals surface area contributed by atoms with E-state index < -0.39 is 12.1 Å². The number of rotatable bonds is 6. The van der Waals surface area contributed by atoms with Gasteiger partial charge in [-0.25, -0.2) is 9.78 Å². The molecule has 0 aliphatic carbocycles. The maximum atomic E-state index is 12.1. The summed E-state index contributed by atoms with van der Waals surface area (Å²) < 4.78 is 10.6. The molecule has 0 bridgehead atoms. The molecule has 0 amide bonds. The standard InChI is InChI=1S/C20H18N2O5/c1-12(23)14-6-5-7-15(10-14)26-11-18(24)27-13(2)19-21-17-9-4-3-8-16(17)20(25)22-19/h3-10,13H,11H2,1-2H3,(H,21,22,25)/t13-/m0/s1. The minimum absolute atomic E-state index is 0.0945. The molecule has 3 aromatic rings. The van der Waals surface area contributed by atoms with E-state index in [2.05, 4.69) is 9.97 Å². The maximum Gasteiger partial charge on any atom is 0.344 e. The van der Waals surface area contributed by atoms with Crippen LogP contribution in [0.2, 0.25) is 0 Å². The van der Waals surface area contributed by atoms with E-state index in [9.17, 15) is 14.4 Å². The number of nitrogens with zero attached hydrogens (tertiary/aromatic N) is 1. The normalized spacial score (nSPS) is 11.8. The number of nitrogens with one attached hydrogen (secondary N) is 1. The van der Waals surface area contributed by atoms with Crippen molar-refractivity contribution >= 4 is 22.7 Å². The lowest BCUT2D eigenvalue weighted by Crippen LogP contribution is -2.20. The van der Waals surface area contributed by atoms with Crippen molar-refractivity contribution in [2.24, 2.45) is 0 Å². The highest BCUT2D eigenvalue weighted by Gasteiger charge is 2.16. The van der Waals surface area contributed by atoms with E-state index in [1.54, 1.807) is 55.5 Å². The zero-order chi connectivity index (χ0) is 19.4. The first-order valence-electron chi connectivity index (χ1n) is 8.36. The van der Waals surface area contributed by atoms with Gasteiger partial charge in [-0.1, -0.05) is 24.3 Å². The van der Waals surface area contributed by atoms with Crippen LogP contribution in [0.5, 0.6) is 5.75 Å². The average molecular weight is 366 g/mol. The molecule has 138 valence electrons. The summed E-state index contributed by atoms with van der Waals surface area (Å²) in [6.45, 7) is 2.73. The van der Waals surface area contributed by atoms with Crippen molar-refractivity contribution in [3.05, 3.63) is 70.3 Å². The van der Waals surface area contributed by atoms with Gasteiger partial charge in [0.05, 0.1) is 10.9 Å². The molecule has 27 heavy (non-hydrogen) atoms. The average Bonchev–Trinajstić information content (AvgIpc) is 2.66. The van der Waals surface area contributed by atoms with Crippen molar-refractivity contribution in [1.82, 2.24) is 9.97 Å². The van der Waals surface area contributed by atoms with E-state index >= 15 is 0 Å². The first-order valence-corrected chi connectivity index (χ1v) is 8.36. The molecule has 0 spiro atoms. The highest BCUT2D eigenvalue weighted by atomic mass is 16.6. The number of hydrogen-bond acceptors (Lipinski definition) is 6. The Morgan fingerprint density at radius 3 is 2.70 bits per heavy atom. The van der Waals surface area contributed by atoms with Crippen LogP contribution in [0.3, 0.4) is 0 Å². The molecule has 7 nitrogen and oxygen atoms in total. The van der Waals surface area contributed by atoms with Gasteiger partial charge in [0, 0.05) is 5.56 Å². The summed E-state index contributed by atoms with van der Waals surface area (Å²) >= 11 is 0. The zero-order valence-electron chi connectivity index (χ0n) is 14.9. The third-order valence-electron chi connectivity index (χ3n) is 3.92. The summed E-state index contributed by atoms with van der Waals surface area (Å²) in [6.07, 6.45) is -0.748. The van der Waals surface area contributed by atoms with Gasteiger partial charge in [0.2, 0.25) is 0 Å². The summed E-state index contributed by atoms with van der Waals surface area (Å²) in [5.41, 5.74) is 0.722. The Morgan fingerprint density at radius 1 is 1.15 bits per heavy atom. The van der Waals surface area contributed by atoms with E-state index in [0.717, 1.165) is 0 Å². The second-order valence-electron chi connectivity index (χ2n) is 5.97. The number of aromatic nitrogens is 2. The second-order valence-corrected chi connectivity index (χ2v) is 5.97.